The number of imidazole rings is 1. The number of aromatic nitrogens is 2. The second kappa shape index (κ2) is 3.96. The molecule has 1 N–H and O–H groups in total. The average molecular weight is 261 g/mol. The van der Waals surface area contributed by atoms with E-state index in [2.05, 4.69) is 4.98 Å². The molecule has 0 aliphatic rings. The number of carboxylic acids is 1. The Morgan fingerprint density at radius 3 is 2.82 bits per heavy atom. The number of aliphatic carboxylic acids is 1. The Kier molecular flexibility index (Phi) is 2.74. The van der Waals surface area contributed by atoms with Gasteiger partial charge in [-0.1, -0.05) is 11.6 Å². The smallest absolute Gasteiger partial charge is 0.309 e. The zero-order chi connectivity index (χ0) is 12.6. The molecule has 0 amide bonds. The number of halogens is 3. The van der Waals surface area contributed by atoms with Gasteiger partial charge in [0.05, 0.1) is 5.02 Å². The molecule has 2 rings (SSSR count). The molecule has 4 nitrogen and oxygen atoms in total. The van der Waals surface area contributed by atoms with Crippen LogP contribution in [0.5, 0.6) is 0 Å². The van der Waals surface area contributed by atoms with Crippen LogP contribution in [0.1, 0.15) is 12.1 Å². The SMILES string of the molecule is O=C(O)CC(F)(F)c1cn2cc(Cl)ccc2n1. The van der Waals surface area contributed by atoms with Gasteiger partial charge in [-0.2, -0.15) is 8.78 Å². The molecule has 0 unspecified atom stereocenters. The lowest BCUT2D eigenvalue weighted by Gasteiger charge is -2.09. The first kappa shape index (κ1) is 11.8. The van der Waals surface area contributed by atoms with Crippen LogP contribution in [-0.4, -0.2) is 20.5 Å². The van der Waals surface area contributed by atoms with Gasteiger partial charge in [0, 0.05) is 12.4 Å². The summed E-state index contributed by atoms with van der Waals surface area (Å²) in [5, 5.41) is 8.77. The Bertz CT molecular complexity index is 583. The van der Waals surface area contributed by atoms with E-state index in [9.17, 15) is 13.6 Å². The highest BCUT2D eigenvalue weighted by Crippen LogP contribution is 2.31. The Morgan fingerprint density at radius 2 is 2.18 bits per heavy atom. The summed E-state index contributed by atoms with van der Waals surface area (Å²) in [7, 11) is 0. The van der Waals surface area contributed by atoms with Crippen LogP contribution in [0.3, 0.4) is 0 Å². The minimum atomic E-state index is -3.50. The Labute approximate surface area is 99.5 Å². The van der Waals surface area contributed by atoms with Crippen LogP contribution >= 0.6 is 11.6 Å². The highest BCUT2D eigenvalue weighted by atomic mass is 35.5. The molecule has 17 heavy (non-hydrogen) atoms. The summed E-state index contributed by atoms with van der Waals surface area (Å²) in [5.74, 6) is -5.07. The minimum Gasteiger partial charge on any atom is -0.481 e. The van der Waals surface area contributed by atoms with Crippen molar-refractivity contribution in [2.75, 3.05) is 0 Å². The van der Waals surface area contributed by atoms with E-state index in [4.69, 9.17) is 16.7 Å². The number of hydrogen-bond donors (Lipinski definition) is 1. The van der Waals surface area contributed by atoms with Crippen molar-refractivity contribution in [1.82, 2.24) is 9.38 Å². The Balaban J connectivity index is 2.45. The van der Waals surface area contributed by atoms with Crippen molar-refractivity contribution in [3.8, 4) is 0 Å². The summed E-state index contributed by atoms with van der Waals surface area (Å²) >= 11 is 5.70. The fourth-order valence-electron chi connectivity index (χ4n) is 1.42. The van der Waals surface area contributed by atoms with Crippen LogP contribution in [0.25, 0.3) is 5.65 Å². The fraction of sp³-hybridized carbons (Fsp3) is 0.200. The monoisotopic (exact) mass is 260 g/mol. The van der Waals surface area contributed by atoms with Crippen molar-refractivity contribution in [3.05, 3.63) is 35.2 Å². The third kappa shape index (κ3) is 2.36. The van der Waals surface area contributed by atoms with Gasteiger partial charge < -0.3 is 9.51 Å². The predicted molar refractivity (Wildman–Crippen MR) is 56.3 cm³/mol. The summed E-state index contributed by atoms with van der Waals surface area (Å²) in [5.41, 5.74) is -0.295. The number of carbonyl (C=O) groups is 1. The van der Waals surface area contributed by atoms with Gasteiger partial charge >= 0.3 is 11.9 Å². The normalized spacial score (nSPS) is 11.9. The Hall–Kier alpha value is -1.69. The zero-order valence-corrected chi connectivity index (χ0v) is 9.16. The molecular weight excluding hydrogens is 254 g/mol. The van der Waals surface area contributed by atoms with Crippen LogP contribution < -0.4 is 0 Å². The third-order valence-corrected chi connectivity index (χ3v) is 2.39. The van der Waals surface area contributed by atoms with Crippen LogP contribution in [0.2, 0.25) is 5.02 Å². The molecule has 0 aliphatic heterocycles. The van der Waals surface area contributed by atoms with Crippen LogP contribution in [0.4, 0.5) is 8.78 Å². The van der Waals surface area contributed by atoms with E-state index >= 15 is 0 Å². The van der Waals surface area contributed by atoms with Gasteiger partial charge in [-0.3, -0.25) is 4.79 Å². The van der Waals surface area contributed by atoms with Crippen molar-refractivity contribution in [2.45, 2.75) is 12.3 Å². The van der Waals surface area contributed by atoms with Gasteiger partial charge in [0.2, 0.25) is 0 Å². The second-order valence-electron chi connectivity index (χ2n) is 3.51. The molecule has 7 heteroatoms. The largest absolute Gasteiger partial charge is 0.481 e. The molecule has 0 bridgehead atoms. The predicted octanol–water partition coefficient (Wildman–Crippen LogP) is 2.55. The number of pyridine rings is 1. The molecule has 90 valence electrons. The van der Waals surface area contributed by atoms with Crippen LogP contribution in [0, 0.1) is 0 Å². The number of alkyl halides is 2. The quantitative estimate of drug-likeness (QED) is 0.923. The number of nitrogens with zero attached hydrogens (tertiary/aromatic N) is 2. The van der Waals surface area contributed by atoms with Gasteiger partial charge in [0.15, 0.2) is 0 Å². The summed E-state index contributed by atoms with van der Waals surface area (Å²) in [6.45, 7) is 0. The summed E-state index contributed by atoms with van der Waals surface area (Å²) < 4.78 is 28.2. The van der Waals surface area contributed by atoms with Crippen LogP contribution in [0.15, 0.2) is 24.5 Å². The van der Waals surface area contributed by atoms with Crippen LogP contribution in [-0.2, 0) is 10.7 Å². The lowest BCUT2D eigenvalue weighted by Crippen LogP contribution is -2.18. The Morgan fingerprint density at radius 1 is 1.47 bits per heavy atom. The van der Waals surface area contributed by atoms with E-state index in [1.807, 2.05) is 0 Å². The van der Waals surface area contributed by atoms with E-state index in [0.717, 1.165) is 6.20 Å². The van der Waals surface area contributed by atoms with E-state index in [1.165, 1.54) is 22.7 Å². The van der Waals surface area contributed by atoms with Gasteiger partial charge in [-0.15, -0.1) is 0 Å². The molecular formula is C10H7ClF2N2O2. The standard InChI is InChI=1S/C10H7ClF2N2O2/c11-6-1-2-8-14-7(5-15(8)4-6)10(12,13)3-9(16)17/h1-2,4-5H,3H2,(H,16,17). The molecule has 0 aliphatic carbocycles. The molecule has 2 aromatic heterocycles. The van der Waals surface area contributed by atoms with Crippen molar-refractivity contribution in [2.24, 2.45) is 0 Å². The molecule has 0 fully saturated rings. The number of hydrogen-bond acceptors (Lipinski definition) is 2. The van der Waals surface area contributed by atoms with Crippen molar-refractivity contribution < 1.29 is 18.7 Å². The van der Waals surface area contributed by atoms with Crippen molar-refractivity contribution in [1.29, 1.82) is 0 Å². The average Bonchev–Trinajstić information content (AvgIpc) is 2.58. The van der Waals surface area contributed by atoms with E-state index in [0.29, 0.717) is 5.02 Å². The van der Waals surface area contributed by atoms with Gasteiger partial charge in [0.25, 0.3) is 0 Å². The first-order valence-electron chi connectivity index (χ1n) is 4.63. The maximum atomic E-state index is 13.5. The van der Waals surface area contributed by atoms with E-state index in [1.54, 1.807) is 0 Å². The van der Waals surface area contributed by atoms with Gasteiger partial charge in [0.1, 0.15) is 17.8 Å². The highest BCUT2D eigenvalue weighted by Gasteiger charge is 2.37. The lowest BCUT2D eigenvalue weighted by atomic mass is 10.2. The minimum absolute atomic E-state index is 0.287. The molecule has 0 saturated heterocycles. The maximum absolute atomic E-state index is 13.5. The summed E-state index contributed by atoms with van der Waals surface area (Å²) in [6.07, 6.45) is 1.21. The second-order valence-corrected chi connectivity index (χ2v) is 3.95. The first-order valence-corrected chi connectivity index (χ1v) is 5.01. The number of rotatable bonds is 3. The number of fused-ring (bicyclic) bond motifs is 1. The summed E-state index contributed by atoms with van der Waals surface area (Å²) in [6, 6.07) is 2.99. The molecule has 0 spiro atoms. The molecule has 0 aromatic carbocycles. The van der Waals surface area contributed by atoms with Crippen molar-refractivity contribution in [3.63, 3.8) is 0 Å². The highest BCUT2D eigenvalue weighted by molar-refractivity contribution is 6.30. The molecule has 0 radical (unpaired) electrons. The van der Waals surface area contributed by atoms with E-state index < -0.39 is 24.0 Å². The van der Waals surface area contributed by atoms with Gasteiger partial charge in [-0.05, 0) is 12.1 Å². The topological polar surface area (TPSA) is 54.6 Å². The van der Waals surface area contributed by atoms with Gasteiger partial charge in [-0.25, -0.2) is 4.98 Å². The molecule has 2 aromatic rings. The summed E-state index contributed by atoms with van der Waals surface area (Å²) in [4.78, 5) is 14.0. The third-order valence-electron chi connectivity index (χ3n) is 2.16. The molecule has 0 atom stereocenters. The lowest BCUT2D eigenvalue weighted by molar-refractivity contribution is -0.145. The fourth-order valence-corrected chi connectivity index (χ4v) is 1.59. The number of carboxylic acid groups (broad SMARTS) is 1. The molecule has 0 saturated carbocycles. The zero-order valence-electron chi connectivity index (χ0n) is 8.40. The maximum Gasteiger partial charge on any atom is 0.309 e. The molecule has 2 heterocycles. The van der Waals surface area contributed by atoms with Crippen molar-refractivity contribution >= 4 is 23.2 Å². The van der Waals surface area contributed by atoms with E-state index in [-0.39, 0.29) is 5.65 Å². The first-order chi connectivity index (χ1) is 7.88.